The van der Waals surface area contributed by atoms with Gasteiger partial charge in [-0.25, -0.2) is 0 Å². The highest BCUT2D eigenvalue weighted by Gasteiger charge is 2.62. The number of aliphatic hydroxyl groups is 1. The lowest BCUT2D eigenvalue weighted by atomic mass is 9.79. The fourth-order valence-electron chi connectivity index (χ4n) is 4.82. The molecule has 0 spiro atoms. The van der Waals surface area contributed by atoms with Gasteiger partial charge in [0.05, 0.1) is 17.7 Å². The fourth-order valence-corrected chi connectivity index (χ4v) is 4.82. The topological polar surface area (TPSA) is 45.8 Å². The summed E-state index contributed by atoms with van der Waals surface area (Å²) in [5.41, 5.74) is -0.377. The average molecular weight is 494 g/mol. The highest BCUT2D eigenvalue weighted by molar-refractivity contribution is 5.59. The number of furan rings is 1. The van der Waals surface area contributed by atoms with E-state index in [0.29, 0.717) is 17.1 Å². The molecule has 5 rings (SSSR count). The highest BCUT2D eigenvalue weighted by atomic mass is 19.4. The Hall–Kier alpha value is -3.39. The largest absolute Gasteiger partial charge is 0.459 e. The number of hydrogen-bond donors (Lipinski definition) is 1. The number of nitrogens with zero attached hydrogens (tertiary/aromatic N) is 1. The zero-order valence-corrected chi connectivity index (χ0v) is 19.9. The monoisotopic (exact) mass is 493 g/mol. The van der Waals surface area contributed by atoms with Crippen LogP contribution in [0.5, 0.6) is 0 Å². The molecule has 3 aromatic carbocycles. The summed E-state index contributed by atoms with van der Waals surface area (Å²) in [6, 6.07) is 27.1. The van der Waals surface area contributed by atoms with E-state index in [1.807, 2.05) is 74.5 Å². The lowest BCUT2D eigenvalue weighted by Crippen LogP contribution is -2.66. The van der Waals surface area contributed by atoms with Crippen LogP contribution in [-0.2, 0) is 22.2 Å². The maximum absolute atomic E-state index is 13.3. The van der Waals surface area contributed by atoms with Crippen LogP contribution in [-0.4, -0.2) is 16.8 Å². The van der Waals surface area contributed by atoms with Crippen LogP contribution in [0.25, 0.3) is 11.3 Å². The van der Waals surface area contributed by atoms with Crippen molar-refractivity contribution in [3.8, 4) is 11.3 Å². The van der Waals surface area contributed by atoms with Crippen molar-refractivity contribution in [1.29, 1.82) is 0 Å². The predicted octanol–water partition coefficient (Wildman–Crippen LogP) is 7.08. The smallest absolute Gasteiger partial charge is 0.416 e. The Labute approximate surface area is 207 Å². The van der Waals surface area contributed by atoms with Crippen molar-refractivity contribution in [3.05, 3.63) is 120 Å². The molecule has 2 atom stereocenters. The molecule has 0 aliphatic carbocycles. The number of hydroxylamine groups is 2. The van der Waals surface area contributed by atoms with E-state index in [1.54, 1.807) is 23.3 Å². The quantitative estimate of drug-likeness (QED) is 0.312. The van der Waals surface area contributed by atoms with Crippen LogP contribution < -0.4 is 0 Å². The van der Waals surface area contributed by atoms with Gasteiger partial charge in [0.15, 0.2) is 5.60 Å². The molecule has 1 aliphatic rings. The minimum absolute atomic E-state index is 0.306. The van der Waals surface area contributed by atoms with Crippen molar-refractivity contribution in [2.24, 2.45) is 0 Å². The zero-order valence-electron chi connectivity index (χ0n) is 19.9. The van der Waals surface area contributed by atoms with Gasteiger partial charge in [0.2, 0.25) is 0 Å². The third-order valence-electron chi connectivity index (χ3n) is 6.84. The van der Waals surface area contributed by atoms with E-state index in [4.69, 9.17) is 9.25 Å². The minimum Gasteiger partial charge on any atom is -0.459 e. The molecule has 186 valence electrons. The molecule has 0 radical (unpaired) electrons. The van der Waals surface area contributed by atoms with E-state index >= 15 is 0 Å². The molecule has 36 heavy (non-hydrogen) atoms. The van der Waals surface area contributed by atoms with Crippen molar-refractivity contribution in [2.45, 2.75) is 37.2 Å². The Morgan fingerprint density at radius 1 is 0.833 bits per heavy atom. The molecule has 1 saturated heterocycles. The molecule has 0 unspecified atom stereocenters. The first-order chi connectivity index (χ1) is 17.2. The van der Waals surface area contributed by atoms with Crippen molar-refractivity contribution < 1.29 is 27.5 Å². The van der Waals surface area contributed by atoms with Gasteiger partial charge in [-0.2, -0.15) is 18.2 Å². The summed E-state index contributed by atoms with van der Waals surface area (Å²) in [5.74, 6) is 0.788. The predicted molar refractivity (Wildman–Crippen MR) is 129 cm³/mol. The second-order valence-corrected chi connectivity index (χ2v) is 9.44. The molecular formula is C29H26F3NO3. The molecule has 1 N–H and O–H groups in total. The van der Waals surface area contributed by atoms with Crippen molar-refractivity contribution in [2.75, 3.05) is 6.61 Å². The molecule has 0 saturated carbocycles. The molecule has 4 nitrogen and oxygen atoms in total. The van der Waals surface area contributed by atoms with E-state index < -0.39 is 28.9 Å². The van der Waals surface area contributed by atoms with Gasteiger partial charge in [0.25, 0.3) is 0 Å². The minimum atomic E-state index is -4.46. The van der Waals surface area contributed by atoms with E-state index in [0.717, 1.165) is 23.3 Å². The first kappa shape index (κ1) is 24.3. The number of rotatable bonds is 6. The Balaban J connectivity index is 1.59. The number of aliphatic hydroxyl groups excluding tert-OH is 1. The Morgan fingerprint density at radius 2 is 1.47 bits per heavy atom. The second kappa shape index (κ2) is 8.92. The van der Waals surface area contributed by atoms with E-state index in [9.17, 15) is 18.3 Å². The molecule has 7 heteroatoms. The zero-order chi connectivity index (χ0) is 25.6. The van der Waals surface area contributed by atoms with Gasteiger partial charge in [-0.05, 0) is 49.2 Å². The van der Waals surface area contributed by atoms with Crippen molar-refractivity contribution in [1.82, 2.24) is 5.06 Å². The third-order valence-corrected chi connectivity index (χ3v) is 6.84. The van der Waals surface area contributed by atoms with Crippen molar-refractivity contribution >= 4 is 0 Å². The van der Waals surface area contributed by atoms with E-state index in [-0.39, 0.29) is 6.61 Å². The normalized spacial score (nSPS) is 20.8. The molecular weight excluding hydrogens is 467 g/mol. The maximum atomic E-state index is 13.3. The van der Waals surface area contributed by atoms with Crippen LogP contribution >= 0.6 is 0 Å². The first-order valence-electron chi connectivity index (χ1n) is 11.6. The molecule has 0 amide bonds. The van der Waals surface area contributed by atoms with Crippen molar-refractivity contribution in [3.63, 3.8) is 0 Å². The third kappa shape index (κ3) is 4.03. The lowest BCUT2D eigenvalue weighted by Gasteiger charge is -2.59. The van der Waals surface area contributed by atoms with Crippen LogP contribution in [0, 0.1) is 0 Å². The molecule has 0 bridgehead atoms. The van der Waals surface area contributed by atoms with Gasteiger partial charge in [0.1, 0.15) is 17.6 Å². The molecule has 2 heterocycles. The number of alkyl halides is 3. The average Bonchev–Trinajstić information content (AvgIpc) is 3.34. The molecule has 1 aliphatic heterocycles. The van der Waals surface area contributed by atoms with Gasteiger partial charge in [-0.15, -0.1) is 0 Å². The van der Waals surface area contributed by atoms with E-state index in [1.165, 1.54) is 6.07 Å². The first-order valence-corrected chi connectivity index (χ1v) is 11.6. The van der Waals surface area contributed by atoms with Gasteiger partial charge >= 0.3 is 6.18 Å². The molecule has 1 aromatic heterocycles. The summed E-state index contributed by atoms with van der Waals surface area (Å²) < 4.78 is 46.0. The van der Waals surface area contributed by atoms with Gasteiger partial charge in [-0.1, -0.05) is 72.8 Å². The van der Waals surface area contributed by atoms with Crippen LogP contribution in [0.3, 0.4) is 0 Å². The standard InChI is InChI=1S/C29H26F3NO3/c1-27(2,21-11-5-3-6-12-21)33-26(28(19-34,36-33)22-13-7-4-8-14-22)25-17-16-24(35-25)20-10-9-15-23(18-20)29(30,31)32/h3-18,26,34H,19H2,1-2H3/t26-,28+/m0/s1. The molecule has 1 fully saturated rings. The summed E-state index contributed by atoms with van der Waals surface area (Å²) in [5, 5.41) is 12.4. The maximum Gasteiger partial charge on any atom is 0.416 e. The fraction of sp³-hybridized carbons (Fsp3) is 0.241. The summed E-state index contributed by atoms with van der Waals surface area (Å²) in [6.45, 7) is 3.71. The summed E-state index contributed by atoms with van der Waals surface area (Å²) in [6.07, 6.45) is -4.46. The Bertz CT molecular complexity index is 1330. The summed E-state index contributed by atoms with van der Waals surface area (Å²) in [4.78, 5) is 6.40. The second-order valence-electron chi connectivity index (χ2n) is 9.44. The van der Waals surface area contributed by atoms with E-state index in [2.05, 4.69) is 0 Å². The Kier molecular flexibility index (Phi) is 6.03. The van der Waals surface area contributed by atoms with Crippen LogP contribution in [0.2, 0.25) is 0 Å². The van der Waals surface area contributed by atoms with Gasteiger partial charge in [0, 0.05) is 5.56 Å². The summed E-state index contributed by atoms with van der Waals surface area (Å²) >= 11 is 0. The van der Waals surface area contributed by atoms with Crippen LogP contribution in [0.15, 0.2) is 101 Å². The Morgan fingerprint density at radius 3 is 2.11 bits per heavy atom. The highest BCUT2D eigenvalue weighted by Crippen LogP contribution is 2.57. The number of hydrogen-bond acceptors (Lipinski definition) is 4. The number of halogens is 3. The molecule has 4 aromatic rings. The van der Waals surface area contributed by atoms with Gasteiger partial charge < -0.3 is 9.52 Å². The summed E-state index contributed by atoms with van der Waals surface area (Å²) in [7, 11) is 0. The number of benzene rings is 3. The SMILES string of the molecule is CC(C)(c1ccccc1)N1O[C@](CO)(c2ccccc2)[C@@H]1c1ccc(-c2cccc(C(F)(F)F)c2)o1. The van der Waals surface area contributed by atoms with Gasteiger partial charge in [-0.3, -0.25) is 4.84 Å². The van der Waals surface area contributed by atoms with Crippen LogP contribution in [0.4, 0.5) is 13.2 Å². The van der Waals surface area contributed by atoms with Crippen LogP contribution in [0.1, 0.15) is 42.3 Å². The lowest BCUT2D eigenvalue weighted by molar-refractivity contribution is -0.449.